The van der Waals surface area contributed by atoms with Gasteiger partial charge in [0.25, 0.3) is 0 Å². The number of benzene rings is 5. The predicted molar refractivity (Wildman–Crippen MR) is 244 cm³/mol. The number of hydrogen-bond acceptors (Lipinski definition) is 2. The molecule has 0 saturated heterocycles. The summed E-state index contributed by atoms with van der Waals surface area (Å²) in [6.07, 6.45) is 15.4. The minimum atomic E-state index is 1.01. The van der Waals surface area contributed by atoms with E-state index in [1.807, 2.05) is 0 Å². The number of aryl methyl sites for hydroxylation is 2. The quantitative estimate of drug-likeness (QED) is 0.0845. The number of nitrogens with one attached hydrogen (secondary N) is 2. The highest BCUT2D eigenvalue weighted by Crippen LogP contribution is 2.39. The third-order valence-corrected chi connectivity index (χ3v) is 12.3. The minimum absolute atomic E-state index is 1.01. The zero-order valence-electron chi connectivity index (χ0n) is 32.6. The van der Waals surface area contributed by atoms with Crippen LogP contribution in [0, 0.1) is 13.8 Å². The van der Waals surface area contributed by atoms with Gasteiger partial charge in [-0.15, -0.1) is 0 Å². The van der Waals surface area contributed by atoms with Gasteiger partial charge >= 0.3 is 0 Å². The summed E-state index contributed by atoms with van der Waals surface area (Å²) in [7, 11) is 0. The predicted octanol–water partition coefficient (Wildman–Crippen LogP) is 16.1. The van der Waals surface area contributed by atoms with Crippen LogP contribution in [0.15, 0.2) is 93.9 Å². The first-order valence-electron chi connectivity index (χ1n) is 20.4. The highest BCUT2D eigenvalue weighted by molar-refractivity contribution is 9.10. The first kappa shape index (κ1) is 38.5. The summed E-state index contributed by atoms with van der Waals surface area (Å²) in [5.41, 5.74) is 12.3. The molecule has 7 aromatic rings. The number of unbranched alkanes of at least 4 members (excludes halogenated alkanes) is 10. The van der Waals surface area contributed by atoms with Crippen molar-refractivity contribution in [2.75, 3.05) is 22.9 Å². The minimum Gasteiger partial charge on any atom is -0.354 e. The second-order valence-electron chi connectivity index (χ2n) is 15.4. The fraction of sp³-hybridized carbons (Fsp3) is 0.375. The molecule has 4 nitrogen and oxygen atoms in total. The van der Waals surface area contributed by atoms with Gasteiger partial charge in [0.1, 0.15) is 0 Å². The van der Waals surface area contributed by atoms with Crippen LogP contribution in [0.25, 0.3) is 43.6 Å². The number of rotatable bonds is 18. The monoisotopic (exact) mass is 846 g/mol. The first-order valence-corrected chi connectivity index (χ1v) is 22.0. The standard InChI is InChI=1S/C48H56Br2N4/c1-5-7-9-11-13-15-25-53(47-23-17-35(49)27-33(47)3)37-19-21-43-39(29-37)41-31-46-42(32-45(41)51-43)40-30-38(20-22-44(40)52-46)54(26-16-14-12-10-8-6-2)48-24-18-36(50)28-34(48)4/h17-24,27-32,51-52H,5-16,25-26H2,1-4H3. The van der Waals surface area contributed by atoms with Crippen LogP contribution >= 0.6 is 31.9 Å². The van der Waals surface area contributed by atoms with Crippen molar-refractivity contribution in [3.05, 3.63) is 105 Å². The van der Waals surface area contributed by atoms with E-state index in [0.717, 1.165) is 22.0 Å². The van der Waals surface area contributed by atoms with E-state index in [0.29, 0.717) is 0 Å². The van der Waals surface area contributed by atoms with Gasteiger partial charge in [0.15, 0.2) is 0 Å². The van der Waals surface area contributed by atoms with E-state index < -0.39 is 0 Å². The maximum Gasteiger partial charge on any atom is 0.0472 e. The van der Waals surface area contributed by atoms with E-state index in [1.54, 1.807) is 0 Å². The Labute approximate surface area is 339 Å². The summed E-state index contributed by atoms with van der Waals surface area (Å²) in [6.45, 7) is 11.0. The molecule has 0 amide bonds. The lowest BCUT2D eigenvalue weighted by Gasteiger charge is -2.27. The Morgan fingerprint density at radius 2 is 0.815 bits per heavy atom. The molecule has 6 heteroatoms. The molecule has 0 saturated carbocycles. The molecule has 0 aliphatic carbocycles. The van der Waals surface area contributed by atoms with Crippen LogP contribution in [0.1, 0.15) is 102 Å². The smallest absolute Gasteiger partial charge is 0.0472 e. The number of aromatic nitrogens is 2. The number of halogens is 2. The van der Waals surface area contributed by atoms with Gasteiger partial charge in [0.05, 0.1) is 0 Å². The SMILES string of the molecule is CCCCCCCCN(c1ccc2[nH]c3cc4c(cc3c2c1)[nH]c1ccc(N(CCCCCCCC)c2ccc(Br)cc2C)cc14)c1ccc(Br)cc1C. The molecular formula is C48H56Br2N4. The van der Waals surface area contributed by atoms with E-state index >= 15 is 0 Å². The van der Waals surface area contributed by atoms with E-state index in [9.17, 15) is 0 Å². The summed E-state index contributed by atoms with van der Waals surface area (Å²) in [5.74, 6) is 0. The van der Waals surface area contributed by atoms with Crippen LogP contribution in [-0.4, -0.2) is 23.1 Å². The Bertz CT molecular complexity index is 2190. The van der Waals surface area contributed by atoms with Crippen molar-refractivity contribution in [1.29, 1.82) is 0 Å². The second kappa shape index (κ2) is 17.8. The lowest BCUT2D eigenvalue weighted by Crippen LogP contribution is -2.19. The highest BCUT2D eigenvalue weighted by Gasteiger charge is 2.18. The lowest BCUT2D eigenvalue weighted by molar-refractivity contribution is 0.609. The van der Waals surface area contributed by atoms with Gasteiger partial charge in [-0.1, -0.05) is 110 Å². The molecule has 2 aromatic heterocycles. The molecule has 5 aromatic carbocycles. The van der Waals surface area contributed by atoms with Crippen molar-refractivity contribution < 1.29 is 0 Å². The Kier molecular flexibility index (Phi) is 12.7. The Balaban J connectivity index is 1.23. The molecule has 0 aliphatic rings. The van der Waals surface area contributed by atoms with Gasteiger partial charge in [0, 0.05) is 88.4 Å². The van der Waals surface area contributed by atoms with E-state index in [4.69, 9.17) is 0 Å². The van der Waals surface area contributed by atoms with Crippen molar-refractivity contribution in [2.45, 2.75) is 105 Å². The molecular weight excluding hydrogens is 792 g/mol. The molecule has 0 atom stereocenters. The normalized spacial score (nSPS) is 11.8. The molecule has 2 N–H and O–H groups in total. The van der Waals surface area contributed by atoms with Gasteiger partial charge in [-0.05, 0) is 123 Å². The van der Waals surface area contributed by atoms with E-state index in [-0.39, 0.29) is 0 Å². The summed E-state index contributed by atoms with van der Waals surface area (Å²) in [6, 6.07) is 32.0. The Morgan fingerprint density at radius 1 is 0.426 bits per heavy atom. The largest absolute Gasteiger partial charge is 0.354 e. The van der Waals surface area contributed by atoms with Gasteiger partial charge in [0.2, 0.25) is 0 Å². The topological polar surface area (TPSA) is 38.1 Å². The Morgan fingerprint density at radius 3 is 1.22 bits per heavy atom. The number of fused-ring (bicyclic) bond motifs is 6. The highest BCUT2D eigenvalue weighted by atomic mass is 79.9. The lowest BCUT2D eigenvalue weighted by atomic mass is 10.1. The van der Waals surface area contributed by atoms with Crippen molar-refractivity contribution in [3.8, 4) is 0 Å². The van der Waals surface area contributed by atoms with Crippen LogP contribution in [0.2, 0.25) is 0 Å². The molecule has 2 heterocycles. The number of anilines is 4. The van der Waals surface area contributed by atoms with Crippen molar-refractivity contribution >= 4 is 98.2 Å². The van der Waals surface area contributed by atoms with Crippen LogP contribution in [-0.2, 0) is 0 Å². The summed E-state index contributed by atoms with van der Waals surface area (Å²) < 4.78 is 2.25. The van der Waals surface area contributed by atoms with Crippen LogP contribution in [0.5, 0.6) is 0 Å². The molecule has 0 radical (unpaired) electrons. The van der Waals surface area contributed by atoms with Gasteiger partial charge in [-0.2, -0.15) is 0 Å². The fourth-order valence-electron chi connectivity index (χ4n) is 8.33. The summed E-state index contributed by atoms with van der Waals surface area (Å²) in [5, 5.41) is 5.05. The first-order chi connectivity index (χ1) is 26.3. The number of hydrogen-bond donors (Lipinski definition) is 2. The average molecular weight is 849 g/mol. The van der Waals surface area contributed by atoms with Gasteiger partial charge < -0.3 is 19.8 Å². The third kappa shape index (κ3) is 8.55. The fourth-order valence-corrected chi connectivity index (χ4v) is 9.28. The Hall–Kier alpha value is -3.74. The molecule has 54 heavy (non-hydrogen) atoms. The molecule has 0 aliphatic heterocycles. The van der Waals surface area contributed by atoms with Gasteiger partial charge in [-0.3, -0.25) is 0 Å². The van der Waals surface area contributed by atoms with E-state index in [1.165, 1.54) is 155 Å². The number of nitrogens with zero attached hydrogens (tertiary/aromatic N) is 2. The van der Waals surface area contributed by atoms with Crippen LogP contribution in [0.4, 0.5) is 22.7 Å². The van der Waals surface area contributed by atoms with E-state index in [2.05, 4.69) is 164 Å². The molecule has 0 fully saturated rings. The van der Waals surface area contributed by atoms with Crippen molar-refractivity contribution in [1.82, 2.24) is 9.97 Å². The summed E-state index contributed by atoms with van der Waals surface area (Å²) in [4.78, 5) is 12.7. The maximum atomic E-state index is 3.79. The molecule has 282 valence electrons. The van der Waals surface area contributed by atoms with Crippen molar-refractivity contribution in [2.24, 2.45) is 0 Å². The molecule has 0 unspecified atom stereocenters. The van der Waals surface area contributed by atoms with Gasteiger partial charge in [-0.25, -0.2) is 0 Å². The molecule has 0 bridgehead atoms. The number of H-pyrrole nitrogens is 2. The summed E-state index contributed by atoms with van der Waals surface area (Å²) >= 11 is 7.39. The van der Waals surface area contributed by atoms with Crippen molar-refractivity contribution in [3.63, 3.8) is 0 Å². The zero-order chi connectivity index (χ0) is 37.6. The number of aromatic amines is 2. The zero-order valence-corrected chi connectivity index (χ0v) is 35.8. The maximum absolute atomic E-state index is 3.79. The molecule has 7 rings (SSSR count). The average Bonchev–Trinajstić information content (AvgIpc) is 3.70. The van der Waals surface area contributed by atoms with Crippen LogP contribution in [0.3, 0.4) is 0 Å². The second-order valence-corrected chi connectivity index (χ2v) is 17.2. The molecule has 0 spiro atoms. The third-order valence-electron chi connectivity index (χ3n) is 11.3. The van der Waals surface area contributed by atoms with Crippen LogP contribution < -0.4 is 9.80 Å².